The van der Waals surface area contributed by atoms with E-state index in [0.29, 0.717) is 5.69 Å². The van der Waals surface area contributed by atoms with E-state index < -0.39 is 18.0 Å². The molecule has 0 radical (unpaired) electrons. The highest BCUT2D eigenvalue weighted by Gasteiger charge is 2.20. The molecule has 7 heteroatoms. The first kappa shape index (κ1) is 15.2. The van der Waals surface area contributed by atoms with Gasteiger partial charge in [0.15, 0.2) is 6.10 Å². The summed E-state index contributed by atoms with van der Waals surface area (Å²) in [6.07, 6.45) is -1.04. The number of nitrogens with one attached hydrogen (secondary N) is 1. The number of anilines is 1. The van der Waals surface area contributed by atoms with Gasteiger partial charge < -0.3 is 14.4 Å². The Morgan fingerprint density at radius 1 is 1.53 bits per heavy atom. The molecule has 1 rings (SSSR count). The molecule has 19 heavy (non-hydrogen) atoms. The minimum atomic E-state index is -1.12. The van der Waals surface area contributed by atoms with Crippen molar-refractivity contribution in [3.05, 3.63) is 11.8 Å². The molecule has 1 aromatic rings. The number of aromatic nitrogens is 1. The van der Waals surface area contributed by atoms with Gasteiger partial charge >= 0.3 is 5.97 Å². The van der Waals surface area contributed by atoms with Crippen molar-refractivity contribution >= 4 is 17.8 Å². The number of hydrogen-bond donors (Lipinski definition) is 2. The highest BCUT2D eigenvalue weighted by molar-refractivity contribution is 5.90. The van der Waals surface area contributed by atoms with Crippen molar-refractivity contribution in [2.75, 3.05) is 11.9 Å². The number of amides is 1. The Kier molecular flexibility index (Phi) is 4.66. The summed E-state index contributed by atoms with van der Waals surface area (Å²) in [7, 11) is 0. The van der Waals surface area contributed by atoms with Gasteiger partial charge in [0.1, 0.15) is 6.61 Å². The lowest BCUT2D eigenvalue weighted by atomic mass is 9.92. The molecule has 0 aliphatic heterocycles. The van der Waals surface area contributed by atoms with Crippen molar-refractivity contribution in [3.63, 3.8) is 0 Å². The highest BCUT2D eigenvalue weighted by atomic mass is 16.5. The molecule has 1 atom stereocenters. The Hall–Kier alpha value is -1.89. The molecule has 1 aromatic heterocycles. The number of carboxylic acids is 1. The summed E-state index contributed by atoms with van der Waals surface area (Å²) in [5.41, 5.74) is 0.531. The quantitative estimate of drug-likeness (QED) is 0.838. The van der Waals surface area contributed by atoms with Crippen molar-refractivity contribution < 1.29 is 24.0 Å². The smallest absolute Gasteiger partial charge is 0.332 e. The Balaban J connectivity index is 2.49. The minimum absolute atomic E-state index is 0.180. The van der Waals surface area contributed by atoms with Gasteiger partial charge in [0.05, 0.1) is 5.69 Å². The van der Waals surface area contributed by atoms with Crippen LogP contribution in [0.15, 0.2) is 10.6 Å². The Bertz CT molecular complexity index is 461. The summed E-state index contributed by atoms with van der Waals surface area (Å²) in [5.74, 6) is -1.41. The maximum Gasteiger partial charge on any atom is 0.332 e. The molecule has 0 saturated heterocycles. The molecular weight excluding hydrogens is 252 g/mol. The summed E-state index contributed by atoms with van der Waals surface area (Å²) in [6, 6.07) is 1.62. The first-order chi connectivity index (χ1) is 8.70. The minimum Gasteiger partial charge on any atom is -0.479 e. The first-order valence-corrected chi connectivity index (χ1v) is 5.81. The van der Waals surface area contributed by atoms with Crippen molar-refractivity contribution in [2.45, 2.75) is 39.2 Å². The summed E-state index contributed by atoms with van der Waals surface area (Å²) < 4.78 is 9.80. The monoisotopic (exact) mass is 270 g/mol. The fraction of sp³-hybridized carbons (Fsp3) is 0.583. The molecule has 2 N–H and O–H groups in total. The van der Waals surface area contributed by atoms with E-state index in [1.165, 1.54) is 6.92 Å². The normalized spacial score (nSPS) is 13.1. The van der Waals surface area contributed by atoms with E-state index in [4.69, 9.17) is 14.4 Å². The number of carbonyl (C=O) groups is 2. The van der Waals surface area contributed by atoms with Gasteiger partial charge in [-0.05, 0) is 6.92 Å². The van der Waals surface area contributed by atoms with E-state index in [0.717, 1.165) is 0 Å². The number of ether oxygens (including phenoxy) is 1. The molecule has 0 aliphatic carbocycles. The largest absolute Gasteiger partial charge is 0.479 e. The molecule has 106 valence electrons. The van der Waals surface area contributed by atoms with Crippen LogP contribution in [0, 0.1) is 0 Å². The molecule has 0 spiro atoms. The van der Waals surface area contributed by atoms with Crippen molar-refractivity contribution in [1.29, 1.82) is 0 Å². The maximum absolute atomic E-state index is 11.5. The molecule has 0 saturated carbocycles. The standard InChI is InChI=1S/C12H18N2O5/c1-7(11(16)17)18-6-9(15)13-10-5-8(14-19-10)12(2,3)4/h5,7H,6H2,1-4H3,(H,13,15)(H,16,17). The van der Waals surface area contributed by atoms with Gasteiger partial charge in [-0.1, -0.05) is 25.9 Å². The van der Waals surface area contributed by atoms with Crippen LogP contribution in [-0.4, -0.2) is 34.9 Å². The van der Waals surface area contributed by atoms with Crippen molar-refractivity contribution in [3.8, 4) is 0 Å². The van der Waals surface area contributed by atoms with E-state index in [2.05, 4.69) is 10.5 Å². The number of rotatable bonds is 5. The summed E-state index contributed by atoms with van der Waals surface area (Å²) >= 11 is 0. The summed E-state index contributed by atoms with van der Waals surface area (Å²) in [5, 5.41) is 14.9. The predicted molar refractivity (Wildman–Crippen MR) is 66.9 cm³/mol. The lowest BCUT2D eigenvalue weighted by Gasteiger charge is -2.12. The summed E-state index contributed by atoms with van der Waals surface area (Å²) in [4.78, 5) is 22.0. The SMILES string of the molecule is CC(OCC(=O)Nc1cc(C(C)(C)C)no1)C(=O)O. The van der Waals surface area contributed by atoms with Gasteiger partial charge in [-0.3, -0.25) is 10.1 Å². The van der Waals surface area contributed by atoms with E-state index in [1.807, 2.05) is 20.8 Å². The highest BCUT2D eigenvalue weighted by Crippen LogP contribution is 2.23. The van der Waals surface area contributed by atoms with Crippen molar-refractivity contribution in [1.82, 2.24) is 5.16 Å². The van der Waals surface area contributed by atoms with E-state index in [-0.39, 0.29) is 17.9 Å². The molecule has 7 nitrogen and oxygen atoms in total. The lowest BCUT2D eigenvalue weighted by molar-refractivity contribution is -0.150. The van der Waals surface area contributed by atoms with Gasteiger partial charge in [-0.15, -0.1) is 0 Å². The van der Waals surface area contributed by atoms with Crippen LogP contribution in [-0.2, 0) is 19.7 Å². The zero-order chi connectivity index (χ0) is 14.6. The summed E-state index contributed by atoms with van der Waals surface area (Å²) in [6.45, 7) is 6.89. The van der Waals surface area contributed by atoms with E-state index in [1.54, 1.807) is 6.07 Å². The lowest BCUT2D eigenvalue weighted by Crippen LogP contribution is -2.26. The van der Waals surface area contributed by atoms with E-state index in [9.17, 15) is 9.59 Å². The van der Waals surface area contributed by atoms with Gasteiger partial charge in [0.2, 0.25) is 5.88 Å². The number of carboxylic acid groups (broad SMARTS) is 1. The zero-order valence-corrected chi connectivity index (χ0v) is 11.4. The second-order valence-corrected chi connectivity index (χ2v) is 5.17. The average Bonchev–Trinajstić information content (AvgIpc) is 2.73. The Labute approximate surface area is 110 Å². The van der Waals surface area contributed by atoms with Crippen LogP contribution >= 0.6 is 0 Å². The Morgan fingerprint density at radius 2 is 2.16 bits per heavy atom. The topological polar surface area (TPSA) is 102 Å². The molecule has 0 bridgehead atoms. The molecule has 1 amide bonds. The van der Waals surface area contributed by atoms with Crippen LogP contribution in [0.4, 0.5) is 5.88 Å². The first-order valence-electron chi connectivity index (χ1n) is 5.81. The van der Waals surface area contributed by atoms with Gasteiger partial charge in [-0.2, -0.15) is 0 Å². The van der Waals surface area contributed by atoms with Gasteiger partial charge in [0.25, 0.3) is 5.91 Å². The number of nitrogens with zero attached hydrogens (tertiary/aromatic N) is 1. The van der Waals surface area contributed by atoms with Crippen LogP contribution < -0.4 is 5.32 Å². The molecule has 0 fully saturated rings. The number of carbonyl (C=O) groups excluding carboxylic acids is 1. The molecule has 0 aromatic carbocycles. The maximum atomic E-state index is 11.5. The van der Waals surface area contributed by atoms with Crippen LogP contribution in [0.5, 0.6) is 0 Å². The second kappa shape index (κ2) is 5.83. The van der Waals surface area contributed by atoms with Crippen LogP contribution in [0.3, 0.4) is 0 Å². The molecular formula is C12H18N2O5. The average molecular weight is 270 g/mol. The fourth-order valence-corrected chi connectivity index (χ4v) is 1.13. The fourth-order valence-electron chi connectivity index (χ4n) is 1.13. The molecule has 0 aliphatic rings. The van der Waals surface area contributed by atoms with Gasteiger partial charge in [0, 0.05) is 11.5 Å². The van der Waals surface area contributed by atoms with Crippen LogP contribution in [0.25, 0.3) is 0 Å². The zero-order valence-electron chi connectivity index (χ0n) is 11.4. The third kappa shape index (κ3) is 4.70. The number of hydrogen-bond acceptors (Lipinski definition) is 5. The Morgan fingerprint density at radius 3 is 2.63 bits per heavy atom. The number of aliphatic carboxylic acids is 1. The van der Waals surface area contributed by atoms with Crippen LogP contribution in [0.2, 0.25) is 0 Å². The van der Waals surface area contributed by atoms with Crippen molar-refractivity contribution in [2.24, 2.45) is 0 Å². The third-order valence-electron chi connectivity index (χ3n) is 2.35. The third-order valence-corrected chi connectivity index (χ3v) is 2.35. The predicted octanol–water partition coefficient (Wildman–Crippen LogP) is 1.40. The second-order valence-electron chi connectivity index (χ2n) is 5.17. The van der Waals surface area contributed by atoms with E-state index >= 15 is 0 Å². The van der Waals surface area contributed by atoms with Gasteiger partial charge in [-0.25, -0.2) is 4.79 Å². The molecule has 1 heterocycles. The molecule has 1 unspecified atom stereocenters. The van der Waals surface area contributed by atoms with Crippen LogP contribution in [0.1, 0.15) is 33.4 Å².